The Kier molecular flexibility index (Phi) is 6.70. The molecule has 0 radical (unpaired) electrons. The van der Waals surface area contributed by atoms with Crippen LogP contribution in [0.5, 0.6) is 0 Å². The van der Waals surface area contributed by atoms with E-state index in [1.807, 2.05) is 18.7 Å². The molecule has 2 fully saturated rings. The number of amides is 1. The van der Waals surface area contributed by atoms with Gasteiger partial charge in [-0.05, 0) is 19.8 Å². The number of rotatable bonds is 9. The lowest BCUT2D eigenvalue weighted by molar-refractivity contribution is -0.121. The smallest absolute Gasteiger partial charge is 0.220 e. The van der Waals surface area contributed by atoms with Gasteiger partial charge in [-0.1, -0.05) is 13.0 Å². The van der Waals surface area contributed by atoms with E-state index in [0.29, 0.717) is 43.5 Å². The predicted octanol–water partition coefficient (Wildman–Crippen LogP) is 1.22. The summed E-state index contributed by atoms with van der Waals surface area (Å²) in [7, 11) is 0. The van der Waals surface area contributed by atoms with Crippen molar-refractivity contribution in [3.63, 3.8) is 0 Å². The molecule has 0 aromatic rings. The van der Waals surface area contributed by atoms with E-state index in [-0.39, 0.29) is 5.91 Å². The van der Waals surface area contributed by atoms with Crippen LogP contribution in [-0.4, -0.2) is 48.8 Å². The molecular weight excluding hydrogens is 286 g/mol. The van der Waals surface area contributed by atoms with Crippen LogP contribution in [0.1, 0.15) is 32.6 Å². The zero-order valence-corrected chi connectivity index (χ0v) is 13.6. The van der Waals surface area contributed by atoms with E-state index in [1.54, 1.807) is 0 Å². The van der Waals surface area contributed by atoms with E-state index in [9.17, 15) is 4.79 Å². The molecule has 5 nitrogen and oxygen atoms in total. The van der Waals surface area contributed by atoms with Gasteiger partial charge in [0.15, 0.2) is 0 Å². The van der Waals surface area contributed by atoms with Gasteiger partial charge in [-0.3, -0.25) is 4.79 Å². The number of hydrogen-bond acceptors (Lipinski definition) is 5. The first kappa shape index (κ1) is 16.5. The van der Waals surface area contributed by atoms with Gasteiger partial charge in [-0.25, -0.2) is 0 Å². The zero-order valence-electron chi connectivity index (χ0n) is 12.8. The maximum atomic E-state index is 11.6. The third-order valence-electron chi connectivity index (χ3n) is 3.94. The van der Waals surface area contributed by atoms with Gasteiger partial charge in [0.1, 0.15) is 0 Å². The van der Waals surface area contributed by atoms with Crippen molar-refractivity contribution < 1.29 is 9.53 Å². The second-order valence-electron chi connectivity index (χ2n) is 5.56. The summed E-state index contributed by atoms with van der Waals surface area (Å²) in [6.45, 7) is 7.82. The van der Waals surface area contributed by atoms with Crippen LogP contribution in [0.3, 0.4) is 0 Å². The van der Waals surface area contributed by atoms with Crippen LogP contribution in [0.4, 0.5) is 0 Å². The number of ether oxygens (including phenoxy) is 1. The highest BCUT2D eigenvalue weighted by Gasteiger charge is 2.40. The van der Waals surface area contributed by atoms with E-state index in [4.69, 9.17) is 4.74 Å². The number of carbonyl (C=O) groups is 1. The molecule has 0 saturated carbocycles. The molecule has 2 heterocycles. The maximum absolute atomic E-state index is 11.6. The molecule has 1 amide bonds. The summed E-state index contributed by atoms with van der Waals surface area (Å²) in [6, 6.07) is 1.05. The number of unbranched alkanes of at least 4 members (excludes halogenated alkanes) is 1. The minimum atomic E-state index is 0.140. The van der Waals surface area contributed by atoms with Gasteiger partial charge in [-0.2, -0.15) is 11.8 Å². The Labute approximate surface area is 131 Å². The van der Waals surface area contributed by atoms with E-state index in [1.165, 1.54) is 6.42 Å². The fourth-order valence-corrected chi connectivity index (χ4v) is 4.42. The maximum Gasteiger partial charge on any atom is 0.220 e. The average molecular weight is 313 g/mol. The van der Waals surface area contributed by atoms with Gasteiger partial charge in [0.2, 0.25) is 5.91 Å². The standard InChI is InChI=1S/C15H27N3O2S/c1-3-20-9-8-16-14(19)7-5-4-6-13-15-12(10-21-13)17-11(2)18-15/h12-13,15,17-18H,2-10H2,1H3,(H,16,19)/t12-,13-,15-/m0/s1. The molecule has 2 saturated heterocycles. The Balaban J connectivity index is 1.52. The Morgan fingerprint density at radius 3 is 3.14 bits per heavy atom. The average Bonchev–Trinajstić information content (AvgIpc) is 2.99. The van der Waals surface area contributed by atoms with Crippen molar-refractivity contribution in [2.45, 2.75) is 49.9 Å². The molecule has 0 aromatic carbocycles. The zero-order chi connectivity index (χ0) is 15.1. The van der Waals surface area contributed by atoms with Crippen molar-refractivity contribution in [3.8, 4) is 0 Å². The van der Waals surface area contributed by atoms with Gasteiger partial charge in [-0.15, -0.1) is 0 Å². The summed E-state index contributed by atoms with van der Waals surface area (Å²) < 4.78 is 5.19. The highest BCUT2D eigenvalue weighted by molar-refractivity contribution is 8.00. The molecule has 2 aliphatic heterocycles. The van der Waals surface area contributed by atoms with Crippen LogP contribution in [0.15, 0.2) is 12.4 Å². The molecular formula is C15H27N3O2S. The van der Waals surface area contributed by atoms with Crippen molar-refractivity contribution in [2.75, 3.05) is 25.5 Å². The van der Waals surface area contributed by atoms with Crippen LogP contribution in [0.2, 0.25) is 0 Å². The first-order valence-corrected chi connectivity index (χ1v) is 8.93. The number of fused-ring (bicyclic) bond motifs is 1. The number of thioether (sulfide) groups is 1. The van der Waals surface area contributed by atoms with Crippen LogP contribution in [0.25, 0.3) is 0 Å². The number of hydrogen-bond donors (Lipinski definition) is 3. The molecule has 0 aliphatic carbocycles. The summed E-state index contributed by atoms with van der Waals surface area (Å²) in [5, 5.41) is 10.3. The molecule has 3 N–H and O–H groups in total. The first-order chi connectivity index (χ1) is 10.2. The molecule has 2 rings (SSSR count). The van der Waals surface area contributed by atoms with Gasteiger partial charge < -0.3 is 20.7 Å². The summed E-state index contributed by atoms with van der Waals surface area (Å²) in [5.74, 6) is 2.25. The van der Waals surface area contributed by atoms with Gasteiger partial charge in [0.05, 0.1) is 24.5 Å². The number of nitrogens with one attached hydrogen (secondary N) is 3. The summed E-state index contributed by atoms with van der Waals surface area (Å²) in [4.78, 5) is 11.6. The molecule has 0 unspecified atom stereocenters. The summed E-state index contributed by atoms with van der Waals surface area (Å²) in [5.41, 5.74) is 0. The van der Waals surface area contributed by atoms with Gasteiger partial charge >= 0.3 is 0 Å². The third kappa shape index (κ3) is 5.11. The van der Waals surface area contributed by atoms with E-state index in [0.717, 1.165) is 24.4 Å². The molecule has 0 bridgehead atoms. The lowest BCUT2D eigenvalue weighted by Gasteiger charge is -2.17. The molecule has 2 aliphatic rings. The van der Waals surface area contributed by atoms with E-state index >= 15 is 0 Å². The van der Waals surface area contributed by atoms with E-state index < -0.39 is 0 Å². The van der Waals surface area contributed by atoms with Crippen molar-refractivity contribution in [1.29, 1.82) is 0 Å². The fourth-order valence-electron chi connectivity index (χ4n) is 2.87. The second kappa shape index (κ2) is 8.54. The molecule has 6 heteroatoms. The topological polar surface area (TPSA) is 62.4 Å². The fraction of sp³-hybridized carbons (Fsp3) is 0.800. The molecule has 21 heavy (non-hydrogen) atoms. The van der Waals surface area contributed by atoms with Crippen molar-refractivity contribution in [3.05, 3.63) is 12.4 Å². The summed E-state index contributed by atoms with van der Waals surface area (Å²) in [6.07, 6.45) is 3.85. The highest BCUT2D eigenvalue weighted by Crippen LogP contribution is 2.34. The van der Waals surface area contributed by atoms with Crippen molar-refractivity contribution in [2.24, 2.45) is 0 Å². The van der Waals surface area contributed by atoms with Crippen molar-refractivity contribution >= 4 is 17.7 Å². The van der Waals surface area contributed by atoms with Crippen molar-refractivity contribution in [1.82, 2.24) is 16.0 Å². The van der Waals surface area contributed by atoms with E-state index in [2.05, 4.69) is 22.5 Å². The quantitative estimate of drug-likeness (QED) is 0.559. The Morgan fingerprint density at radius 1 is 1.48 bits per heavy atom. The minimum Gasteiger partial charge on any atom is -0.380 e. The lowest BCUT2D eigenvalue weighted by atomic mass is 10.0. The Bertz CT molecular complexity index is 365. The summed E-state index contributed by atoms with van der Waals surface area (Å²) >= 11 is 2.03. The lowest BCUT2D eigenvalue weighted by Crippen LogP contribution is -2.36. The minimum absolute atomic E-state index is 0.140. The number of carbonyl (C=O) groups excluding carboxylic acids is 1. The predicted molar refractivity (Wildman–Crippen MR) is 87.2 cm³/mol. The van der Waals surface area contributed by atoms with Crippen LogP contribution in [-0.2, 0) is 9.53 Å². The SMILES string of the molecule is C=C1N[C@H]2[C@H](CS[C@H]2CCCCC(=O)NCCOCC)N1. The van der Waals surface area contributed by atoms with Gasteiger partial charge in [0, 0.05) is 30.6 Å². The highest BCUT2D eigenvalue weighted by atomic mass is 32.2. The van der Waals surface area contributed by atoms with Crippen LogP contribution >= 0.6 is 11.8 Å². The Morgan fingerprint density at radius 2 is 2.33 bits per heavy atom. The third-order valence-corrected chi connectivity index (χ3v) is 5.45. The first-order valence-electron chi connectivity index (χ1n) is 7.88. The largest absolute Gasteiger partial charge is 0.380 e. The Hall–Kier alpha value is -0.880. The normalized spacial score (nSPS) is 27.1. The molecule has 0 spiro atoms. The molecule has 3 atom stereocenters. The molecule has 120 valence electrons. The van der Waals surface area contributed by atoms with Crippen LogP contribution in [0, 0.1) is 0 Å². The molecule has 0 aromatic heterocycles. The monoisotopic (exact) mass is 313 g/mol. The second-order valence-corrected chi connectivity index (χ2v) is 6.84. The van der Waals surface area contributed by atoms with Gasteiger partial charge in [0.25, 0.3) is 0 Å². The van der Waals surface area contributed by atoms with Crippen LogP contribution < -0.4 is 16.0 Å².